The zero-order valence-corrected chi connectivity index (χ0v) is 23.9. The molecule has 0 aliphatic carbocycles. The Kier molecular flexibility index (Phi) is 9.23. The Labute approximate surface area is 232 Å². The zero-order chi connectivity index (χ0) is 27.5. The van der Waals surface area contributed by atoms with E-state index < -0.39 is 26.0 Å². The van der Waals surface area contributed by atoms with E-state index in [9.17, 15) is 21.6 Å². The van der Waals surface area contributed by atoms with Crippen molar-refractivity contribution in [2.24, 2.45) is 5.92 Å². The molecular weight excluding hydrogens is 577 g/mol. The Balaban J connectivity index is 1.41. The molecule has 0 bridgehead atoms. The average molecular weight is 607 g/mol. The lowest BCUT2D eigenvalue weighted by Gasteiger charge is -2.30. The summed E-state index contributed by atoms with van der Waals surface area (Å²) in [6, 6.07) is 9.03. The van der Waals surface area contributed by atoms with Gasteiger partial charge in [0, 0.05) is 32.1 Å². The van der Waals surface area contributed by atoms with Gasteiger partial charge in [0.05, 0.1) is 46.7 Å². The van der Waals surface area contributed by atoms with Crippen LogP contribution < -0.4 is 10.1 Å². The third-order valence-corrected chi connectivity index (χ3v) is 11.1. The fourth-order valence-electron chi connectivity index (χ4n) is 4.44. The van der Waals surface area contributed by atoms with Crippen molar-refractivity contribution in [3.8, 4) is 5.75 Å². The van der Waals surface area contributed by atoms with Crippen molar-refractivity contribution >= 4 is 54.8 Å². The molecule has 0 aromatic heterocycles. The van der Waals surface area contributed by atoms with Gasteiger partial charge in [-0.3, -0.25) is 4.79 Å². The molecule has 2 saturated heterocycles. The molecule has 4 rings (SSSR count). The molecule has 2 aromatic rings. The molecule has 2 aromatic carbocycles. The summed E-state index contributed by atoms with van der Waals surface area (Å²) < 4.78 is 65.3. The Hall–Kier alpha value is -1.93. The monoisotopic (exact) mass is 605 g/mol. The van der Waals surface area contributed by atoms with Gasteiger partial charge in [-0.15, -0.1) is 0 Å². The number of nitrogens with one attached hydrogen (secondary N) is 1. The van der Waals surface area contributed by atoms with Crippen molar-refractivity contribution in [1.82, 2.24) is 8.61 Å². The van der Waals surface area contributed by atoms with E-state index in [-0.39, 0.29) is 53.4 Å². The van der Waals surface area contributed by atoms with Gasteiger partial charge in [0.25, 0.3) is 0 Å². The number of halogens is 2. The third kappa shape index (κ3) is 6.61. The van der Waals surface area contributed by atoms with Gasteiger partial charge in [-0.05, 0) is 48.7 Å². The molecule has 208 valence electrons. The summed E-state index contributed by atoms with van der Waals surface area (Å²) in [5, 5.41) is 3.42. The molecular formula is C24H29Cl2N3O7S2. The first-order valence-electron chi connectivity index (χ1n) is 12.0. The van der Waals surface area contributed by atoms with Crippen molar-refractivity contribution in [2.75, 3.05) is 51.8 Å². The fraction of sp³-hybridized carbons (Fsp3) is 0.458. The van der Waals surface area contributed by atoms with E-state index in [1.54, 1.807) is 12.1 Å². The minimum absolute atomic E-state index is 0.0405. The van der Waals surface area contributed by atoms with Crippen LogP contribution in [0.2, 0.25) is 10.0 Å². The number of methoxy groups -OCH3 is 1. The highest BCUT2D eigenvalue weighted by Crippen LogP contribution is 2.31. The molecule has 0 radical (unpaired) electrons. The smallest absolute Gasteiger partial charge is 0.243 e. The van der Waals surface area contributed by atoms with Gasteiger partial charge in [0.2, 0.25) is 26.0 Å². The number of nitrogens with zero attached hydrogens (tertiary/aromatic N) is 2. The molecule has 38 heavy (non-hydrogen) atoms. The van der Waals surface area contributed by atoms with Crippen LogP contribution in [0.5, 0.6) is 5.75 Å². The van der Waals surface area contributed by atoms with Crippen molar-refractivity contribution in [2.45, 2.75) is 23.5 Å². The summed E-state index contributed by atoms with van der Waals surface area (Å²) in [6.45, 7) is 1.52. The summed E-state index contributed by atoms with van der Waals surface area (Å²) in [5.74, 6) is -0.676. The number of benzene rings is 2. The first kappa shape index (κ1) is 29.1. The maximum atomic E-state index is 13.1. The first-order chi connectivity index (χ1) is 18.0. The number of ether oxygens (including phenoxy) is 2. The number of carbonyl (C=O) groups is 1. The van der Waals surface area contributed by atoms with Gasteiger partial charge in [-0.25, -0.2) is 21.1 Å². The van der Waals surface area contributed by atoms with Crippen LogP contribution in [0.25, 0.3) is 0 Å². The summed E-state index contributed by atoms with van der Waals surface area (Å²) in [6.07, 6.45) is 0.640. The topological polar surface area (TPSA) is 122 Å². The van der Waals surface area contributed by atoms with Crippen molar-refractivity contribution in [3.05, 3.63) is 52.0 Å². The van der Waals surface area contributed by atoms with E-state index >= 15 is 0 Å². The fourth-order valence-corrected chi connectivity index (χ4v) is 7.75. The predicted octanol–water partition coefficient (Wildman–Crippen LogP) is 3.20. The number of hydrogen-bond acceptors (Lipinski definition) is 7. The molecule has 0 spiro atoms. The molecule has 0 saturated carbocycles. The molecule has 2 fully saturated rings. The zero-order valence-electron chi connectivity index (χ0n) is 20.7. The third-order valence-electron chi connectivity index (χ3n) is 6.59. The Morgan fingerprint density at radius 3 is 2.29 bits per heavy atom. The largest absolute Gasteiger partial charge is 0.495 e. The van der Waals surface area contributed by atoms with Crippen LogP contribution in [0.3, 0.4) is 0 Å². The maximum Gasteiger partial charge on any atom is 0.243 e. The SMILES string of the molecule is COc1ccc(S(=O)(=O)N2CCOCC2)cc1NC(=O)C1CCN(S(=O)(=O)Cc2ccc(Cl)c(Cl)c2)CC1. The second-order valence-electron chi connectivity index (χ2n) is 9.05. The molecule has 0 atom stereocenters. The highest BCUT2D eigenvalue weighted by molar-refractivity contribution is 7.89. The van der Waals surface area contributed by atoms with E-state index in [2.05, 4.69) is 5.32 Å². The molecule has 14 heteroatoms. The number of piperidine rings is 1. The van der Waals surface area contributed by atoms with Crippen LogP contribution in [0.4, 0.5) is 5.69 Å². The molecule has 0 unspecified atom stereocenters. The van der Waals surface area contributed by atoms with Crippen LogP contribution in [-0.4, -0.2) is 77.9 Å². The minimum atomic E-state index is -3.77. The van der Waals surface area contributed by atoms with E-state index in [0.717, 1.165) is 0 Å². The quantitative estimate of drug-likeness (QED) is 0.490. The number of amides is 1. The number of anilines is 1. The van der Waals surface area contributed by atoms with E-state index in [1.165, 1.54) is 40.0 Å². The Morgan fingerprint density at radius 2 is 1.66 bits per heavy atom. The number of morpholine rings is 1. The van der Waals surface area contributed by atoms with Crippen molar-refractivity contribution < 1.29 is 31.1 Å². The number of carbonyl (C=O) groups excluding carboxylic acids is 1. The van der Waals surface area contributed by atoms with Crippen LogP contribution >= 0.6 is 23.2 Å². The molecule has 10 nitrogen and oxygen atoms in total. The molecule has 2 aliphatic heterocycles. The van der Waals surface area contributed by atoms with E-state index in [0.29, 0.717) is 42.4 Å². The maximum absolute atomic E-state index is 13.1. The molecule has 1 amide bonds. The van der Waals surface area contributed by atoms with Crippen molar-refractivity contribution in [3.63, 3.8) is 0 Å². The van der Waals surface area contributed by atoms with Gasteiger partial charge in [-0.1, -0.05) is 29.3 Å². The van der Waals surface area contributed by atoms with E-state index in [4.69, 9.17) is 32.7 Å². The number of rotatable bonds is 8. The average Bonchev–Trinajstić information content (AvgIpc) is 2.91. The van der Waals surface area contributed by atoms with Crippen LogP contribution in [0.15, 0.2) is 41.3 Å². The molecule has 1 N–H and O–H groups in total. The summed E-state index contributed by atoms with van der Waals surface area (Å²) in [7, 11) is -5.96. The lowest BCUT2D eigenvalue weighted by Crippen LogP contribution is -2.42. The number of hydrogen-bond donors (Lipinski definition) is 1. The van der Waals surface area contributed by atoms with Gasteiger partial charge < -0.3 is 14.8 Å². The first-order valence-corrected chi connectivity index (χ1v) is 15.8. The van der Waals surface area contributed by atoms with Crippen LogP contribution in [-0.2, 0) is 35.3 Å². The van der Waals surface area contributed by atoms with Crippen LogP contribution in [0.1, 0.15) is 18.4 Å². The van der Waals surface area contributed by atoms with Gasteiger partial charge in [-0.2, -0.15) is 4.31 Å². The normalized spacial score (nSPS) is 18.3. The lowest BCUT2D eigenvalue weighted by molar-refractivity contribution is -0.120. The second-order valence-corrected chi connectivity index (χ2v) is 13.8. The van der Waals surface area contributed by atoms with Gasteiger partial charge in [0.15, 0.2) is 0 Å². The molecule has 2 aliphatic rings. The predicted molar refractivity (Wildman–Crippen MR) is 145 cm³/mol. The molecule has 2 heterocycles. The summed E-state index contributed by atoms with van der Waals surface area (Å²) in [4.78, 5) is 13.1. The lowest BCUT2D eigenvalue weighted by atomic mass is 9.97. The minimum Gasteiger partial charge on any atom is -0.495 e. The standard InChI is InChI=1S/C24H29Cl2N3O7S2/c1-35-23-5-3-19(38(33,34)29-10-12-36-13-11-29)15-22(23)27-24(30)18-6-8-28(9-7-18)37(31,32)16-17-2-4-20(25)21(26)14-17/h2-5,14-15,18H,6-13,16H2,1H3,(H,27,30). The highest BCUT2D eigenvalue weighted by atomic mass is 35.5. The Bertz CT molecular complexity index is 1390. The van der Waals surface area contributed by atoms with Gasteiger partial charge >= 0.3 is 0 Å². The van der Waals surface area contributed by atoms with E-state index in [1.807, 2.05) is 0 Å². The van der Waals surface area contributed by atoms with Gasteiger partial charge in [0.1, 0.15) is 5.75 Å². The second kappa shape index (κ2) is 12.1. The number of sulfonamides is 2. The van der Waals surface area contributed by atoms with Crippen LogP contribution in [0, 0.1) is 5.92 Å². The Morgan fingerprint density at radius 1 is 0.974 bits per heavy atom. The summed E-state index contributed by atoms with van der Waals surface area (Å²) in [5.41, 5.74) is 0.764. The van der Waals surface area contributed by atoms with Crippen molar-refractivity contribution in [1.29, 1.82) is 0 Å². The summed E-state index contributed by atoms with van der Waals surface area (Å²) >= 11 is 11.9. The highest BCUT2D eigenvalue weighted by Gasteiger charge is 2.32.